The first-order valence-electron chi connectivity index (χ1n) is 5.48. The first-order valence-corrected chi connectivity index (χ1v) is 5.48. The van der Waals surface area contributed by atoms with Gasteiger partial charge in [0.25, 0.3) is 0 Å². The van der Waals surface area contributed by atoms with E-state index in [4.69, 9.17) is 4.74 Å². The topological polar surface area (TPSA) is 47.0 Å². The highest BCUT2D eigenvalue weighted by Gasteiger charge is 2.13. The van der Waals surface area contributed by atoms with Crippen molar-refractivity contribution in [3.8, 4) is 5.88 Å². The largest absolute Gasteiger partial charge is 0.476 e. The van der Waals surface area contributed by atoms with Gasteiger partial charge in [-0.1, -0.05) is 0 Å². The summed E-state index contributed by atoms with van der Waals surface area (Å²) < 4.78 is 5.60. The van der Waals surface area contributed by atoms with Crippen LogP contribution in [0.1, 0.15) is 18.5 Å². The zero-order valence-corrected chi connectivity index (χ0v) is 9.07. The number of nitrogens with zero attached hydrogens (tertiary/aromatic N) is 2. The minimum atomic E-state index is 0.638. The Morgan fingerprint density at radius 2 is 2.13 bits per heavy atom. The first kappa shape index (κ1) is 10.4. The molecule has 1 aromatic rings. The summed E-state index contributed by atoms with van der Waals surface area (Å²) in [5, 5.41) is 11.3. The number of piperidine rings is 1. The lowest BCUT2D eigenvalue weighted by molar-refractivity contribution is 0.207. The molecule has 82 valence electrons. The Morgan fingerprint density at radius 1 is 1.33 bits per heavy atom. The molecule has 0 aliphatic carbocycles. The van der Waals surface area contributed by atoms with E-state index in [2.05, 4.69) is 15.5 Å². The minimum Gasteiger partial charge on any atom is -0.476 e. The van der Waals surface area contributed by atoms with Gasteiger partial charge in [0.15, 0.2) is 0 Å². The lowest BCUT2D eigenvalue weighted by Crippen LogP contribution is -2.30. The second-order valence-electron chi connectivity index (χ2n) is 4.02. The Bertz CT molecular complexity index is 293. The van der Waals surface area contributed by atoms with Crippen LogP contribution in [-0.2, 0) is 0 Å². The summed E-state index contributed by atoms with van der Waals surface area (Å²) in [4.78, 5) is 0. The minimum absolute atomic E-state index is 0.638. The van der Waals surface area contributed by atoms with E-state index in [1.807, 2.05) is 19.1 Å². The molecule has 0 saturated carbocycles. The maximum atomic E-state index is 5.60. The Morgan fingerprint density at radius 3 is 2.80 bits per heavy atom. The van der Waals surface area contributed by atoms with Crippen LogP contribution in [0, 0.1) is 12.8 Å². The van der Waals surface area contributed by atoms with Crippen molar-refractivity contribution in [2.24, 2.45) is 5.92 Å². The van der Waals surface area contributed by atoms with E-state index >= 15 is 0 Å². The smallest absolute Gasteiger partial charge is 0.233 e. The normalized spacial score (nSPS) is 17.7. The highest BCUT2D eigenvalue weighted by molar-refractivity contribution is 5.10. The Kier molecular flexibility index (Phi) is 3.50. The molecule has 1 fully saturated rings. The van der Waals surface area contributed by atoms with Crippen molar-refractivity contribution < 1.29 is 4.74 Å². The molecule has 1 saturated heterocycles. The molecule has 0 unspecified atom stereocenters. The number of hydrogen-bond acceptors (Lipinski definition) is 4. The van der Waals surface area contributed by atoms with Crippen LogP contribution in [0.15, 0.2) is 12.1 Å². The number of nitrogens with one attached hydrogen (secondary N) is 1. The standard InChI is InChI=1S/C11H17N3O/c1-9-2-3-11(14-13-9)15-8-10-4-6-12-7-5-10/h2-3,10,12H,4-8H2,1H3. The van der Waals surface area contributed by atoms with Crippen LogP contribution in [-0.4, -0.2) is 29.9 Å². The molecule has 0 radical (unpaired) electrons. The molecule has 2 rings (SSSR count). The van der Waals surface area contributed by atoms with Gasteiger partial charge in [-0.2, -0.15) is 5.10 Å². The van der Waals surface area contributed by atoms with Crippen molar-refractivity contribution in [1.82, 2.24) is 15.5 Å². The molecule has 2 heterocycles. The molecule has 1 N–H and O–H groups in total. The highest BCUT2D eigenvalue weighted by atomic mass is 16.5. The zero-order chi connectivity index (χ0) is 10.5. The molecule has 0 spiro atoms. The van der Waals surface area contributed by atoms with E-state index in [0.717, 1.165) is 25.4 Å². The van der Waals surface area contributed by atoms with Gasteiger partial charge in [0.05, 0.1) is 12.3 Å². The molecule has 4 heteroatoms. The second kappa shape index (κ2) is 5.07. The summed E-state index contributed by atoms with van der Waals surface area (Å²) in [6.07, 6.45) is 2.39. The van der Waals surface area contributed by atoms with Gasteiger partial charge >= 0.3 is 0 Å². The van der Waals surface area contributed by atoms with E-state index in [-0.39, 0.29) is 0 Å². The number of aryl methyl sites for hydroxylation is 1. The molecule has 0 amide bonds. The molecule has 15 heavy (non-hydrogen) atoms. The van der Waals surface area contributed by atoms with Crippen molar-refractivity contribution in [2.45, 2.75) is 19.8 Å². The zero-order valence-electron chi connectivity index (χ0n) is 9.07. The van der Waals surface area contributed by atoms with Gasteiger partial charge in [0.1, 0.15) is 0 Å². The summed E-state index contributed by atoms with van der Waals surface area (Å²) in [7, 11) is 0. The summed E-state index contributed by atoms with van der Waals surface area (Å²) in [5.41, 5.74) is 0.921. The predicted molar refractivity (Wildman–Crippen MR) is 57.9 cm³/mol. The summed E-state index contributed by atoms with van der Waals surface area (Å²) in [5.74, 6) is 1.30. The average molecular weight is 207 g/mol. The Hall–Kier alpha value is -1.16. The number of ether oxygens (including phenoxy) is 1. The molecule has 1 aliphatic rings. The third-order valence-electron chi connectivity index (χ3n) is 2.70. The van der Waals surface area contributed by atoms with E-state index < -0.39 is 0 Å². The third kappa shape index (κ3) is 3.16. The van der Waals surface area contributed by atoms with Crippen LogP contribution < -0.4 is 10.1 Å². The lowest BCUT2D eigenvalue weighted by atomic mass is 9.99. The SMILES string of the molecule is Cc1ccc(OCC2CCNCC2)nn1. The van der Waals surface area contributed by atoms with Crippen molar-refractivity contribution in [1.29, 1.82) is 0 Å². The quantitative estimate of drug-likeness (QED) is 0.808. The van der Waals surface area contributed by atoms with Crippen LogP contribution in [0.2, 0.25) is 0 Å². The van der Waals surface area contributed by atoms with Crippen LogP contribution in [0.4, 0.5) is 0 Å². The van der Waals surface area contributed by atoms with E-state index in [9.17, 15) is 0 Å². The molecule has 0 atom stereocenters. The fraction of sp³-hybridized carbons (Fsp3) is 0.636. The molecule has 0 bridgehead atoms. The van der Waals surface area contributed by atoms with Gasteiger partial charge in [-0.3, -0.25) is 0 Å². The third-order valence-corrected chi connectivity index (χ3v) is 2.70. The summed E-state index contributed by atoms with van der Waals surface area (Å²) >= 11 is 0. The van der Waals surface area contributed by atoms with Gasteiger partial charge in [0.2, 0.25) is 5.88 Å². The average Bonchev–Trinajstić information content (AvgIpc) is 2.30. The van der Waals surface area contributed by atoms with Crippen molar-refractivity contribution >= 4 is 0 Å². The monoisotopic (exact) mass is 207 g/mol. The fourth-order valence-electron chi connectivity index (χ4n) is 1.72. The van der Waals surface area contributed by atoms with Gasteiger partial charge in [-0.15, -0.1) is 5.10 Å². The van der Waals surface area contributed by atoms with Gasteiger partial charge in [0, 0.05) is 6.07 Å². The molecular formula is C11H17N3O. The molecule has 0 aromatic carbocycles. The number of rotatable bonds is 3. The van der Waals surface area contributed by atoms with Crippen molar-refractivity contribution in [2.75, 3.05) is 19.7 Å². The number of hydrogen-bond donors (Lipinski definition) is 1. The van der Waals surface area contributed by atoms with Crippen LogP contribution >= 0.6 is 0 Å². The Labute approximate surface area is 90.1 Å². The van der Waals surface area contributed by atoms with Crippen LogP contribution in [0.3, 0.4) is 0 Å². The maximum Gasteiger partial charge on any atom is 0.233 e. The Balaban J connectivity index is 1.79. The second-order valence-corrected chi connectivity index (χ2v) is 4.02. The van der Waals surface area contributed by atoms with Gasteiger partial charge in [-0.25, -0.2) is 0 Å². The van der Waals surface area contributed by atoms with Gasteiger partial charge in [-0.05, 0) is 44.8 Å². The molecule has 4 nitrogen and oxygen atoms in total. The fourth-order valence-corrected chi connectivity index (χ4v) is 1.72. The predicted octanol–water partition coefficient (Wildman–Crippen LogP) is 1.16. The molecule has 1 aliphatic heterocycles. The van der Waals surface area contributed by atoms with Gasteiger partial charge < -0.3 is 10.1 Å². The van der Waals surface area contributed by atoms with Crippen molar-refractivity contribution in [3.63, 3.8) is 0 Å². The van der Waals surface area contributed by atoms with Crippen LogP contribution in [0.5, 0.6) is 5.88 Å². The first-order chi connectivity index (χ1) is 7.34. The van der Waals surface area contributed by atoms with E-state index in [0.29, 0.717) is 11.8 Å². The lowest BCUT2D eigenvalue weighted by Gasteiger charge is -2.22. The summed E-state index contributed by atoms with van der Waals surface area (Å²) in [6, 6.07) is 3.80. The van der Waals surface area contributed by atoms with Crippen LogP contribution in [0.25, 0.3) is 0 Å². The molecular weight excluding hydrogens is 190 g/mol. The van der Waals surface area contributed by atoms with E-state index in [1.54, 1.807) is 0 Å². The summed E-state index contributed by atoms with van der Waals surface area (Å²) in [6.45, 7) is 4.89. The molecule has 1 aromatic heterocycles. The highest BCUT2D eigenvalue weighted by Crippen LogP contribution is 2.13. The van der Waals surface area contributed by atoms with E-state index in [1.165, 1.54) is 12.8 Å². The van der Waals surface area contributed by atoms with Crippen molar-refractivity contribution in [3.05, 3.63) is 17.8 Å². The maximum absolute atomic E-state index is 5.60. The number of aromatic nitrogens is 2.